The predicted octanol–water partition coefficient (Wildman–Crippen LogP) is 2.09. The lowest BCUT2D eigenvalue weighted by molar-refractivity contribution is -0.111. The van der Waals surface area contributed by atoms with Gasteiger partial charge in [0.05, 0.1) is 40.7 Å². The highest BCUT2D eigenvalue weighted by Gasteiger charge is 2.15. The van der Waals surface area contributed by atoms with Gasteiger partial charge >= 0.3 is 0 Å². The van der Waals surface area contributed by atoms with Crippen LogP contribution < -0.4 is 11.1 Å². The Hall–Kier alpha value is -3.35. The van der Waals surface area contributed by atoms with Crippen LogP contribution in [0.25, 0.3) is 11.1 Å². The minimum atomic E-state index is -0.402. The second kappa shape index (κ2) is 7.28. The number of amides is 1. The molecule has 0 aliphatic rings. The van der Waals surface area contributed by atoms with E-state index in [0.717, 1.165) is 11.8 Å². The van der Waals surface area contributed by atoms with Gasteiger partial charge in [0.1, 0.15) is 0 Å². The van der Waals surface area contributed by atoms with E-state index in [2.05, 4.69) is 26.8 Å². The molecule has 0 fully saturated rings. The molecule has 4 N–H and O–H groups in total. The number of aromatic nitrogens is 3. The van der Waals surface area contributed by atoms with Crippen LogP contribution in [0, 0.1) is 19.3 Å². The lowest BCUT2D eigenvalue weighted by Gasteiger charge is -2.10. The summed E-state index contributed by atoms with van der Waals surface area (Å²) in [5, 5.41) is 9.94. The number of hydrogen-bond acceptors (Lipinski definition) is 6. The van der Waals surface area contributed by atoms with E-state index >= 15 is 0 Å². The molecule has 0 aromatic carbocycles. The first-order chi connectivity index (χ1) is 11.5. The molecule has 24 heavy (non-hydrogen) atoms. The minimum absolute atomic E-state index is 0.190. The van der Waals surface area contributed by atoms with Gasteiger partial charge in [-0.1, -0.05) is 6.58 Å². The number of anilines is 1. The topological polar surface area (TPSA) is 118 Å². The summed E-state index contributed by atoms with van der Waals surface area (Å²) in [6, 6.07) is 1.83. The highest BCUT2D eigenvalue weighted by Crippen LogP contribution is 2.18. The summed E-state index contributed by atoms with van der Waals surface area (Å²) in [6.45, 7) is 7.37. The van der Waals surface area contributed by atoms with E-state index in [4.69, 9.17) is 11.1 Å². The zero-order valence-electron chi connectivity index (χ0n) is 13.5. The quantitative estimate of drug-likeness (QED) is 0.575. The van der Waals surface area contributed by atoms with Crippen LogP contribution >= 0.6 is 0 Å². The normalized spacial score (nSPS) is 11.0. The van der Waals surface area contributed by atoms with Crippen molar-refractivity contribution in [3.8, 4) is 0 Å². The number of carbonyl (C=O) groups excluding carboxylic acids is 1. The van der Waals surface area contributed by atoms with E-state index in [1.54, 1.807) is 13.1 Å². The monoisotopic (exact) mass is 322 g/mol. The molecule has 0 atom stereocenters. The minimum Gasteiger partial charge on any atom is -0.404 e. The fraction of sp³-hybridized carbons (Fsp3) is 0.118. The van der Waals surface area contributed by atoms with Crippen LogP contribution in [0.4, 0.5) is 5.69 Å². The van der Waals surface area contributed by atoms with Gasteiger partial charge in [0.25, 0.3) is 5.91 Å². The second-order valence-corrected chi connectivity index (χ2v) is 5.14. The van der Waals surface area contributed by atoms with Gasteiger partial charge in [-0.25, -0.2) is 0 Å². The Morgan fingerprint density at radius 3 is 2.46 bits per heavy atom. The molecule has 0 spiro atoms. The molecule has 7 heteroatoms. The molecule has 7 nitrogen and oxygen atoms in total. The summed E-state index contributed by atoms with van der Waals surface area (Å²) in [7, 11) is 0. The Kier molecular flexibility index (Phi) is 5.16. The summed E-state index contributed by atoms with van der Waals surface area (Å²) in [6.07, 6.45) is 6.86. The molecule has 2 aromatic heterocycles. The van der Waals surface area contributed by atoms with Gasteiger partial charge in [-0.05, 0) is 25.5 Å². The average molecular weight is 322 g/mol. The summed E-state index contributed by atoms with van der Waals surface area (Å²) < 4.78 is 0. The van der Waals surface area contributed by atoms with Gasteiger partial charge < -0.3 is 16.5 Å². The third-order valence-corrected chi connectivity index (χ3v) is 3.31. The molecule has 0 bridgehead atoms. The summed E-state index contributed by atoms with van der Waals surface area (Å²) in [4.78, 5) is 25.0. The smallest absolute Gasteiger partial charge is 0.259 e. The van der Waals surface area contributed by atoms with Crippen LogP contribution in [0.15, 0.2) is 37.4 Å². The Morgan fingerprint density at radius 1 is 1.21 bits per heavy atom. The van der Waals surface area contributed by atoms with Crippen LogP contribution in [0.2, 0.25) is 0 Å². The van der Waals surface area contributed by atoms with Crippen molar-refractivity contribution in [1.82, 2.24) is 15.0 Å². The number of hydrogen-bond donors (Lipinski definition) is 3. The Bertz CT molecular complexity index is 823. The molecule has 0 radical (unpaired) electrons. The highest BCUT2D eigenvalue weighted by molar-refractivity contribution is 6.24. The maximum atomic E-state index is 12.5. The molecule has 2 aromatic rings. The van der Waals surface area contributed by atoms with Crippen molar-refractivity contribution in [1.29, 1.82) is 5.41 Å². The molecule has 0 aliphatic heterocycles. The molecular weight excluding hydrogens is 304 g/mol. The second-order valence-electron chi connectivity index (χ2n) is 5.14. The highest BCUT2D eigenvalue weighted by atomic mass is 16.1. The average Bonchev–Trinajstić information content (AvgIpc) is 2.58. The maximum absolute atomic E-state index is 12.5. The van der Waals surface area contributed by atoms with E-state index in [1.807, 2.05) is 13.0 Å². The summed E-state index contributed by atoms with van der Waals surface area (Å²) >= 11 is 0. The van der Waals surface area contributed by atoms with Crippen LogP contribution in [0.3, 0.4) is 0 Å². The number of rotatable bonds is 5. The van der Waals surface area contributed by atoms with Crippen LogP contribution in [0.5, 0.6) is 0 Å². The third kappa shape index (κ3) is 3.70. The van der Waals surface area contributed by atoms with Crippen molar-refractivity contribution in [3.05, 3.63) is 60.1 Å². The fourth-order valence-electron chi connectivity index (χ4n) is 1.94. The first kappa shape index (κ1) is 17.0. The molecule has 0 aliphatic carbocycles. The van der Waals surface area contributed by atoms with E-state index in [9.17, 15) is 4.79 Å². The zero-order chi connectivity index (χ0) is 17.7. The number of nitrogens with two attached hydrogens (primary N) is 1. The summed E-state index contributed by atoms with van der Waals surface area (Å²) in [5.41, 5.74) is 9.25. The Morgan fingerprint density at radius 2 is 1.88 bits per heavy atom. The van der Waals surface area contributed by atoms with E-state index in [-0.39, 0.29) is 5.57 Å². The lowest BCUT2D eigenvalue weighted by Crippen LogP contribution is -2.17. The molecule has 2 rings (SSSR count). The van der Waals surface area contributed by atoms with Crippen molar-refractivity contribution >= 4 is 29.0 Å². The van der Waals surface area contributed by atoms with E-state index < -0.39 is 5.91 Å². The molecule has 0 unspecified atom stereocenters. The molecule has 2 heterocycles. The van der Waals surface area contributed by atoms with Gasteiger partial charge in [0.15, 0.2) is 0 Å². The Balaban J connectivity index is 2.25. The van der Waals surface area contributed by atoms with Gasteiger partial charge in [-0.2, -0.15) is 0 Å². The van der Waals surface area contributed by atoms with Crippen molar-refractivity contribution < 1.29 is 4.79 Å². The number of nitrogens with zero attached hydrogens (tertiary/aromatic N) is 3. The number of nitrogens with one attached hydrogen (secondary N) is 2. The number of pyridine rings is 1. The molecule has 0 saturated carbocycles. The lowest BCUT2D eigenvalue weighted by atomic mass is 10.1. The Labute approximate surface area is 139 Å². The fourth-order valence-corrected chi connectivity index (χ4v) is 1.94. The van der Waals surface area contributed by atoms with Crippen molar-refractivity contribution in [2.24, 2.45) is 5.73 Å². The number of aryl methyl sites for hydroxylation is 2. The van der Waals surface area contributed by atoms with Crippen LogP contribution in [-0.2, 0) is 4.79 Å². The largest absolute Gasteiger partial charge is 0.404 e. The van der Waals surface area contributed by atoms with Crippen molar-refractivity contribution in [3.63, 3.8) is 0 Å². The van der Waals surface area contributed by atoms with Gasteiger partial charge in [0, 0.05) is 24.2 Å². The van der Waals surface area contributed by atoms with Crippen LogP contribution in [-0.4, -0.2) is 27.1 Å². The third-order valence-electron chi connectivity index (χ3n) is 3.31. The first-order valence-electron chi connectivity index (χ1n) is 7.15. The maximum Gasteiger partial charge on any atom is 0.259 e. The van der Waals surface area contributed by atoms with Crippen molar-refractivity contribution in [2.45, 2.75) is 13.8 Å². The zero-order valence-corrected chi connectivity index (χ0v) is 13.5. The predicted molar refractivity (Wildman–Crippen MR) is 94.4 cm³/mol. The SMILES string of the molecule is C=C(C=N)c1cnc(/C(=C\N)C(=O)Nc2cc(C)cnc2C)cn1. The standard InChI is InChI=1S/C17H18N6O/c1-10-4-14(12(3)20-7-10)23-17(24)13(6-19)16-9-21-15(8-22-16)11(2)5-18/h4-9,18H,2,19H2,1,3H3,(H,23,24)/b13-6+,18-5?. The summed E-state index contributed by atoms with van der Waals surface area (Å²) in [5.74, 6) is -0.402. The molecule has 0 saturated heterocycles. The number of allylic oxidation sites excluding steroid dienone is 1. The molecule has 1 amide bonds. The van der Waals surface area contributed by atoms with Gasteiger partial charge in [-0.3, -0.25) is 19.7 Å². The molecule has 122 valence electrons. The van der Waals surface area contributed by atoms with E-state index in [1.165, 1.54) is 18.6 Å². The van der Waals surface area contributed by atoms with Crippen molar-refractivity contribution in [2.75, 3.05) is 5.32 Å². The van der Waals surface area contributed by atoms with E-state index in [0.29, 0.717) is 28.3 Å². The number of carbonyl (C=O) groups is 1. The molecular formula is C17H18N6O. The first-order valence-corrected chi connectivity index (χ1v) is 7.15. The van der Waals surface area contributed by atoms with Crippen LogP contribution in [0.1, 0.15) is 22.6 Å². The van der Waals surface area contributed by atoms with Gasteiger partial charge in [-0.15, -0.1) is 0 Å². The van der Waals surface area contributed by atoms with Gasteiger partial charge in [0.2, 0.25) is 0 Å².